The summed E-state index contributed by atoms with van der Waals surface area (Å²) in [5, 5.41) is 15.7. The zero-order valence-corrected chi connectivity index (χ0v) is 17.3. The second kappa shape index (κ2) is 11.5. The third-order valence-electron chi connectivity index (χ3n) is 4.36. The van der Waals surface area contributed by atoms with Crippen molar-refractivity contribution < 1.29 is 24.2 Å². The normalized spacial score (nSPS) is 14.1. The quantitative estimate of drug-likeness (QED) is 0.442. The molecule has 0 aromatic heterocycles. The van der Waals surface area contributed by atoms with E-state index in [9.17, 15) is 14.7 Å². The molecule has 0 saturated heterocycles. The molecule has 0 aliphatic heterocycles. The van der Waals surface area contributed by atoms with Crippen molar-refractivity contribution in [2.24, 2.45) is 11.7 Å². The summed E-state index contributed by atoms with van der Waals surface area (Å²) in [6.45, 7) is 5.91. The Bertz CT molecular complexity index is 628. The predicted octanol–water partition coefficient (Wildman–Crippen LogP) is 0.949. The van der Waals surface area contributed by atoms with Gasteiger partial charge < -0.3 is 30.9 Å². The van der Waals surface area contributed by atoms with Crippen molar-refractivity contribution in [2.45, 2.75) is 58.3 Å². The minimum absolute atomic E-state index is 0.181. The number of carbonyl (C=O) groups is 2. The zero-order valence-electron chi connectivity index (χ0n) is 17.3. The summed E-state index contributed by atoms with van der Waals surface area (Å²) >= 11 is 0. The maximum Gasteiger partial charge on any atom is 0.251 e. The molecule has 0 aliphatic rings. The number of methoxy groups -OCH3 is 2. The first kappa shape index (κ1) is 23.7. The van der Waals surface area contributed by atoms with Gasteiger partial charge in [-0.15, -0.1) is 0 Å². The molecular weight excluding hydrogens is 362 g/mol. The van der Waals surface area contributed by atoms with Gasteiger partial charge in [0.1, 0.15) is 11.5 Å². The summed E-state index contributed by atoms with van der Waals surface area (Å²) in [4.78, 5) is 24.5. The Balaban J connectivity index is 2.68. The number of ether oxygens (including phenoxy) is 2. The molecule has 0 bridgehead atoms. The van der Waals surface area contributed by atoms with Gasteiger partial charge in [-0.1, -0.05) is 20.8 Å². The standard InChI is InChI=1S/C20H33N3O5/c1-6-17(23-19(25)16(21)7-12(2)3)18(24)20(26)22-11-13-8-14(27-4)10-15(9-13)28-5/h8-10,12,16-18,24H,6-7,11,21H2,1-5H3,(H,22,26)(H,23,25)/t16-,17?,18?/m0/s1. The Hall–Kier alpha value is -2.32. The first-order valence-corrected chi connectivity index (χ1v) is 9.45. The fraction of sp³-hybridized carbons (Fsp3) is 0.600. The average molecular weight is 396 g/mol. The van der Waals surface area contributed by atoms with Gasteiger partial charge in [-0.2, -0.15) is 0 Å². The van der Waals surface area contributed by atoms with Crippen molar-refractivity contribution in [1.82, 2.24) is 10.6 Å². The molecule has 0 spiro atoms. The van der Waals surface area contributed by atoms with E-state index in [0.717, 1.165) is 5.56 Å². The van der Waals surface area contributed by atoms with E-state index in [1.807, 2.05) is 13.8 Å². The lowest BCUT2D eigenvalue weighted by Crippen LogP contribution is -2.53. The van der Waals surface area contributed by atoms with Crippen molar-refractivity contribution >= 4 is 11.8 Å². The number of hydrogen-bond donors (Lipinski definition) is 4. The lowest BCUT2D eigenvalue weighted by molar-refractivity contribution is -0.132. The molecule has 1 aromatic rings. The van der Waals surface area contributed by atoms with Gasteiger partial charge >= 0.3 is 0 Å². The summed E-state index contributed by atoms with van der Waals surface area (Å²) in [5.74, 6) is 0.522. The molecule has 3 atom stereocenters. The highest BCUT2D eigenvalue weighted by molar-refractivity contribution is 5.85. The number of aliphatic hydroxyl groups is 1. The smallest absolute Gasteiger partial charge is 0.251 e. The lowest BCUT2D eigenvalue weighted by atomic mass is 10.0. The third kappa shape index (κ3) is 7.36. The fourth-order valence-electron chi connectivity index (χ4n) is 2.75. The van der Waals surface area contributed by atoms with E-state index in [2.05, 4.69) is 10.6 Å². The number of benzene rings is 1. The van der Waals surface area contributed by atoms with Crippen LogP contribution in [-0.2, 0) is 16.1 Å². The molecule has 0 fully saturated rings. The van der Waals surface area contributed by atoms with Gasteiger partial charge in [0.05, 0.1) is 26.3 Å². The summed E-state index contributed by atoms with van der Waals surface area (Å²) in [6, 6.07) is 3.86. The third-order valence-corrected chi connectivity index (χ3v) is 4.36. The highest BCUT2D eigenvalue weighted by atomic mass is 16.5. The average Bonchev–Trinajstić information content (AvgIpc) is 2.68. The van der Waals surface area contributed by atoms with E-state index < -0.39 is 24.1 Å². The predicted molar refractivity (Wildman–Crippen MR) is 107 cm³/mol. The molecule has 0 saturated carbocycles. The van der Waals surface area contributed by atoms with Gasteiger partial charge in [0.25, 0.3) is 5.91 Å². The second-order valence-corrected chi connectivity index (χ2v) is 7.14. The van der Waals surface area contributed by atoms with Gasteiger partial charge in [-0.3, -0.25) is 9.59 Å². The van der Waals surface area contributed by atoms with Gasteiger partial charge in [0, 0.05) is 12.6 Å². The first-order chi connectivity index (χ1) is 13.2. The summed E-state index contributed by atoms with van der Waals surface area (Å²) in [6.07, 6.45) is -0.461. The summed E-state index contributed by atoms with van der Waals surface area (Å²) < 4.78 is 10.4. The monoisotopic (exact) mass is 395 g/mol. The van der Waals surface area contributed by atoms with Gasteiger partial charge in [-0.25, -0.2) is 0 Å². The van der Waals surface area contributed by atoms with Crippen molar-refractivity contribution in [3.05, 3.63) is 23.8 Å². The van der Waals surface area contributed by atoms with Crippen LogP contribution in [0.2, 0.25) is 0 Å². The van der Waals surface area contributed by atoms with Crippen LogP contribution in [0.25, 0.3) is 0 Å². The van der Waals surface area contributed by atoms with Crippen LogP contribution in [0.3, 0.4) is 0 Å². The lowest BCUT2D eigenvalue weighted by Gasteiger charge is -2.24. The van der Waals surface area contributed by atoms with E-state index in [1.165, 1.54) is 0 Å². The topological polar surface area (TPSA) is 123 Å². The molecule has 5 N–H and O–H groups in total. The molecule has 0 radical (unpaired) electrons. The first-order valence-electron chi connectivity index (χ1n) is 9.45. The highest BCUT2D eigenvalue weighted by Gasteiger charge is 2.28. The number of rotatable bonds is 11. The van der Waals surface area contributed by atoms with Crippen molar-refractivity contribution in [3.8, 4) is 11.5 Å². The number of aliphatic hydroxyl groups excluding tert-OH is 1. The zero-order chi connectivity index (χ0) is 21.3. The maximum atomic E-state index is 12.3. The fourth-order valence-corrected chi connectivity index (χ4v) is 2.75. The molecule has 2 unspecified atom stereocenters. The molecule has 2 amide bonds. The molecular formula is C20H33N3O5. The minimum Gasteiger partial charge on any atom is -0.497 e. The summed E-state index contributed by atoms with van der Waals surface area (Å²) in [7, 11) is 3.08. The number of carbonyl (C=O) groups excluding carboxylic acids is 2. The molecule has 1 rings (SSSR count). The Morgan fingerprint density at radius 3 is 2.14 bits per heavy atom. The molecule has 8 nitrogen and oxygen atoms in total. The van der Waals surface area contributed by atoms with E-state index in [1.54, 1.807) is 39.3 Å². The Kier molecular flexibility index (Phi) is 9.75. The molecule has 0 aliphatic carbocycles. The van der Waals surface area contributed by atoms with E-state index in [0.29, 0.717) is 24.3 Å². The molecule has 28 heavy (non-hydrogen) atoms. The molecule has 0 heterocycles. The molecule has 158 valence electrons. The largest absolute Gasteiger partial charge is 0.497 e. The van der Waals surface area contributed by atoms with Gasteiger partial charge in [0.15, 0.2) is 6.10 Å². The van der Waals surface area contributed by atoms with Crippen LogP contribution in [-0.4, -0.2) is 49.3 Å². The SMILES string of the molecule is CCC(NC(=O)[C@@H](N)CC(C)C)C(O)C(=O)NCc1cc(OC)cc(OC)c1. The number of hydrogen-bond acceptors (Lipinski definition) is 6. The van der Waals surface area contributed by atoms with Crippen molar-refractivity contribution in [1.29, 1.82) is 0 Å². The van der Waals surface area contributed by atoms with Crippen LogP contribution >= 0.6 is 0 Å². The second-order valence-electron chi connectivity index (χ2n) is 7.14. The Morgan fingerprint density at radius 2 is 1.68 bits per heavy atom. The maximum absolute atomic E-state index is 12.3. The van der Waals surface area contributed by atoms with Crippen molar-refractivity contribution in [2.75, 3.05) is 14.2 Å². The number of nitrogens with two attached hydrogens (primary N) is 1. The number of nitrogens with one attached hydrogen (secondary N) is 2. The Labute approximate surface area is 166 Å². The summed E-state index contributed by atoms with van der Waals surface area (Å²) in [5.41, 5.74) is 6.63. The van der Waals surface area contributed by atoms with Gasteiger partial charge in [-0.05, 0) is 36.5 Å². The number of amides is 2. The molecule has 8 heteroatoms. The highest BCUT2D eigenvalue weighted by Crippen LogP contribution is 2.22. The van der Waals surface area contributed by atoms with E-state index >= 15 is 0 Å². The minimum atomic E-state index is -1.38. The van der Waals surface area contributed by atoms with Crippen LogP contribution in [0.1, 0.15) is 39.2 Å². The molecule has 1 aromatic carbocycles. The van der Waals surface area contributed by atoms with Crippen LogP contribution in [0, 0.1) is 5.92 Å². The van der Waals surface area contributed by atoms with Crippen LogP contribution in [0.15, 0.2) is 18.2 Å². The van der Waals surface area contributed by atoms with Crippen LogP contribution in [0.4, 0.5) is 0 Å². The van der Waals surface area contributed by atoms with Gasteiger partial charge in [0.2, 0.25) is 5.91 Å². The van der Waals surface area contributed by atoms with Crippen molar-refractivity contribution in [3.63, 3.8) is 0 Å². The van der Waals surface area contributed by atoms with Crippen LogP contribution < -0.4 is 25.8 Å². The Morgan fingerprint density at radius 1 is 1.11 bits per heavy atom. The van der Waals surface area contributed by atoms with Crippen LogP contribution in [0.5, 0.6) is 11.5 Å². The van der Waals surface area contributed by atoms with E-state index in [-0.39, 0.29) is 18.4 Å². The van der Waals surface area contributed by atoms with E-state index in [4.69, 9.17) is 15.2 Å².